The van der Waals surface area contributed by atoms with Crippen LogP contribution in [0.5, 0.6) is 0 Å². The van der Waals surface area contributed by atoms with Gasteiger partial charge in [-0.25, -0.2) is 0 Å². The first-order chi connectivity index (χ1) is 7.70. The second kappa shape index (κ2) is 4.16. The number of benzene rings is 2. The average Bonchev–Trinajstić information content (AvgIpc) is 2.28. The minimum atomic E-state index is -0.120. The molecule has 16 heavy (non-hydrogen) atoms. The molecule has 2 aromatic carbocycles. The van der Waals surface area contributed by atoms with E-state index in [1.54, 1.807) is 6.07 Å². The Hall–Kier alpha value is -2.14. The van der Waals surface area contributed by atoms with Crippen LogP contribution in [-0.4, -0.2) is 5.78 Å². The molecule has 0 N–H and O–H groups in total. The molecular formula is C14H11NO. The molecule has 2 rings (SSSR count). The van der Waals surface area contributed by atoms with Crippen LogP contribution in [0.25, 0.3) is 10.8 Å². The molecule has 0 saturated carbocycles. The predicted octanol–water partition coefficient (Wildman–Crippen LogP) is 3.24. The second-order valence-electron chi connectivity index (χ2n) is 3.82. The van der Waals surface area contributed by atoms with Crippen molar-refractivity contribution in [1.82, 2.24) is 0 Å². The molecule has 0 spiro atoms. The highest BCUT2D eigenvalue weighted by Crippen LogP contribution is 2.18. The number of nitrogens with zero attached hydrogens (tertiary/aromatic N) is 1. The molecule has 0 unspecified atom stereocenters. The molecule has 0 aliphatic carbocycles. The molecule has 2 nitrogen and oxygen atoms in total. The summed E-state index contributed by atoms with van der Waals surface area (Å²) in [5.41, 5.74) is 1.81. The summed E-state index contributed by atoms with van der Waals surface area (Å²) in [7, 11) is 0. The van der Waals surface area contributed by atoms with Gasteiger partial charge in [-0.3, -0.25) is 4.79 Å². The lowest BCUT2D eigenvalue weighted by atomic mass is 10.0. The summed E-state index contributed by atoms with van der Waals surface area (Å²) in [6.07, 6.45) is -0.0582. The fourth-order valence-electron chi connectivity index (χ4n) is 1.71. The maximum Gasteiger partial charge on any atom is 0.176 e. The van der Waals surface area contributed by atoms with Gasteiger partial charge in [-0.05, 0) is 23.8 Å². The average molecular weight is 209 g/mol. The Labute approximate surface area is 94.1 Å². The van der Waals surface area contributed by atoms with E-state index >= 15 is 0 Å². The third-order valence-corrected chi connectivity index (χ3v) is 2.56. The van der Waals surface area contributed by atoms with Crippen LogP contribution in [0, 0.1) is 18.3 Å². The number of hydrogen-bond donors (Lipinski definition) is 0. The van der Waals surface area contributed by atoms with E-state index in [9.17, 15) is 4.79 Å². The smallest absolute Gasteiger partial charge is 0.176 e. The number of hydrogen-bond acceptors (Lipinski definition) is 2. The maximum absolute atomic E-state index is 11.5. The summed E-state index contributed by atoms with van der Waals surface area (Å²) < 4.78 is 0. The normalized spacial score (nSPS) is 10.0. The summed E-state index contributed by atoms with van der Waals surface area (Å²) in [4.78, 5) is 11.5. The fraction of sp³-hybridized carbons (Fsp3) is 0.143. The molecule has 0 amide bonds. The number of carbonyl (C=O) groups is 1. The highest BCUT2D eigenvalue weighted by Gasteiger charge is 2.05. The molecule has 78 valence electrons. The van der Waals surface area contributed by atoms with Crippen molar-refractivity contribution in [3.8, 4) is 6.07 Å². The summed E-state index contributed by atoms with van der Waals surface area (Å²) >= 11 is 0. The monoisotopic (exact) mass is 209 g/mol. The summed E-state index contributed by atoms with van der Waals surface area (Å²) in [6.45, 7) is 2.04. The Balaban J connectivity index is 2.49. The van der Waals surface area contributed by atoms with E-state index in [-0.39, 0.29) is 12.2 Å². The predicted molar refractivity (Wildman–Crippen MR) is 63.2 cm³/mol. The number of carbonyl (C=O) groups excluding carboxylic acids is 1. The van der Waals surface area contributed by atoms with Crippen LogP contribution in [-0.2, 0) is 0 Å². The van der Waals surface area contributed by atoms with Gasteiger partial charge in [0.25, 0.3) is 0 Å². The molecule has 0 aromatic heterocycles. The molecule has 0 aliphatic heterocycles. The van der Waals surface area contributed by atoms with Gasteiger partial charge in [0, 0.05) is 5.56 Å². The summed E-state index contributed by atoms with van der Waals surface area (Å²) in [5, 5.41) is 10.6. The first kappa shape index (κ1) is 10.4. The minimum absolute atomic E-state index is 0.0582. The zero-order valence-corrected chi connectivity index (χ0v) is 9.03. The van der Waals surface area contributed by atoms with Crippen molar-refractivity contribution in [2.75, 3.05) is 0 Å². The van der Waals surface area contributed by atoms with Crippen LogP contribution < -0.4 is 0 Å². The third-order valence-electron chi connectivity index (χ3n) is 2.56. The summed E-state index contributed by atoms with van der Waals surface area (Å²) in [5.74, 6) is -0.120. The molecule has 0 radical (unpaired) electrons. The van der Waals surface area contributed by atoms with E-state index in [2.05, 4.69) is 6.07 Å². The Morgan fingerprint density at radius 3 is 2.62 bits per heavy atom. The quantitative estimate of drug-likeness (QED) is 0.712. The Kier molecular flexibility index (Phi) is 2.70. The zero-order valence-electron chi connectivity index (χ0n) is 9.03. The van der Waals surface area contributed by atoms with Crippen LogP contribution in [0.2, 0.25) is 0 Å². The molecule has 0 aliphatic rings. The topological polar surface area (TPSA) is 40.9 Å². The number of ketones is 1. The molecule has 0 atom stereocenters. The maximum atomic E-state index is 11.5. The van der Waals surface area contributed by atoms with Gasteiger partial charge < -0.3 is 0 Å². The van der Waals surface area contributed by atoms with Crippen molar-refractivity contribution < 1.29 is 4.79 Å². The number of fused-ring (bicyclic) bond motifs is 1. The Bertz CT molecular complexity index is 593. The van der Waals surface area contributed by atoms with E-state index in [1.807, 2.05) is 37.3 Å². The van der Waals surface area contributed by atoms with Crippen molar-refractivity contribution in [2.45, 2.75) is 13.3 Å². The van der Waals surface area contributed by atoms with Gasteiger partial charge in [0.15, 0.2) is 5.78 Å². The van der Waals surface area contributed by atoms with Gasteiger partial charge in [-0.2, -0.15) is 5.26 Å². The van der Waals surface area contributed by atoms with Crippen LogP contribution in [0.1, 0.15) is 22.3 Å². The van der Waals surface area contributed by atoms with Crippen molar-refractivity contribution in [3.63, 3.8) is 0 Å². The molecule has 0 fully saturated rings. The molecule has 0 bridgehead atoms. The second-order valence-corrected chi connectivity index (χ2v) is 3.82. The summed E-state index contributed by atoms with van der Waals surface area (Å²) in [6, 6.07) is 13.5. The van der Waals surface area contributed by atoms with Gasteiger partial charge in [0.1, 0.15) is 0 Å². The molecule has 2 heteroatoms. The lowest BCUT2D eigenvalue weighted by Gasteiger charge is -2.02. The molecular weight excluding hydrogens is 198 g/mol. The SMILES string of the molecule is Cc1ccc2cc(C(=O)CC#N)ccc2c1. The van der Waals surface area contributed by atoms with Crippen molar-refractivity contribution in [3.05, 3.63) is 47.5 Å². The van der Waals surface area contributed by atoms with Gasteiger partial charge in [0.05, 0.1) is 12.5 Å². The Morgan fingerprint density at radius 1 is 1.19 bits per heavy atom. The number of rotatable bonds is 2. The van der Waals surface area contributed by atoms with Crippen LogP contribution in [0.3, 0.4) is 0 Å². The van der Waals surface area contributed by atoms with Crippen molar-refractivity contribution in [1.29, 1.82) is 5.26 Å². The highest BCUT2D eigenvalue weighted by atomic mass is 16.1. The minimum Gasteiger partial charge on any atom is -0.293 e. The van der Waals surface area contributed by atoms with Crippen LogP contribution >= 0.6 is 0 Å². The van der Waals surface area contributed by atoms with Gasteiger partial charge in [-0.15, -0.1) is 0 Å². The first-order valence-electron chi connectivity index (χ1n) is 5.11. The van der Waals surface area contributed by atoms with Crippen LogP contribution in [0.15, 0.2) is 36.4 Å². The fourth-order valence-corrected chi connectivity index (χ4v) is 1.71. The van der Waals surface area contributed by atoms with Crippen molar-refractivity contribution >= 4 is 16.6 Å². The van der Waals surface area contributed by atoms with Gasteiger partial charge in [0.2, 0.25) is 0 Å². The number of aryl methyl sites for hydroxylation is 1. The lowest BCUT2D eigenvalue weighted by molar-refractivity contribution is 0.0998. The lowest BCUT2D eigenvalue weighted by Crippen LogP contribution is -1.96. The zero-order chi connectivity index (χ0) is 11.5. The third kappa shape index (κ3) is 1.94. The number of Topliss-reactive ketones (excluding diaryl/α,β-unsaturated/α-hetero) is 1. The first-order valence-corrected chi connectivity index (χ1v) is 5.11. The van der Waals surface area contributed by atoms with E-state index in [0.717, 1.165) is 10.8 Å². The largest absolute Gasteiger partial charge is 0.293 e. The van der Waals surface area contributed by atoms with E-state index in [4.69, 9.17) is 5.26 Å². The van der Waals surface area contributed by atoms with E-state index < -0.39 is 0 Å². The molecule has 2 aromatic rings. The van der Waals surface area contributed by atoms with E-state index in [1.165, 1.54) is 5.56 Å². The van der Waals surface area contributed by atoms with Crippen molar-refractivity contribution in [2.24, 2.45) is 0 Å². The standard InChI is InChI=1S/C14H11NO/c1-10-2-3-12-9-13(14(16)6-7-15)5-4-11(12)8-10/h2-5,8-9H,6H2,1H3. The molecule has 0 heterocycles. The van der Waals surface area contributed by atoms with Gasteiger partial charge in [-0.1, -0.05) is 35.9 Å². The van der Waals surface area contributed by atoms with Crippen LogP contribution in [0.4, 0.5) is 0 Å². The highest BCUT2D eigenvalue weighted by molar-refractivity contribution is 6.00. The van der Waals surface area contributed by atoms with Gasteiger partial charge >= 0.3 is 0 Å². The molecule has 0 saturated heterocycles. The van der Waals surface area contributed by atoms with E-state index in [0.29, 0.717) is 5.56 Å². The number of nitriles is 1. The Morgan fingerprint density at radius 2 is 1.88 bits per heavy atom.